The average Bonchev–Trinajstić information content (AvgIpc) is 2.76. The van der Waals surface area contributed by atoms with Crippen molar-refractivity contribution in [2.75, 3.05) is 18.4 Å². The third-order valence-corrected chi connectivity index (χ3v) is 7.25. The van der Waals surface area contributed by atoms with Crippen LogP contribution in [0.5, 0.6) is 0 Å². The third-order valence-electron chi connectivity index (χ3n) is 5.35. The number of carbonyl (C=O) groups excluding carboxylic acids is 2. The zero-order valence-corrected chi connectivity index (χ0v) is 18.9. The van der Waals surface area contributed by atoms with E-state index in [1.807, 2.05) is 19.1 Å². The van der Waals surface area contributed by atoms with Crippen molar-refractivity contribution >= 4 is 27.6 Å². The highest BCUT2D eigenvalue weighted by Crippen LogP contribution is 2.23. The minimum absolute atomic E-state index is 0.0590. The van der Waals surface area contributed by atoms with Crippen LogP contribution in [0, 0.1) is 13.8 Å². The molecule has 7 nitrogen and oxygen atoms in total. The maximum absolute atomic E-state index is 12.9. The van der Waals surface area contributed by atoms with Crippen LogP contribution in [-0.4, -0.2) is 43.8 Å². The summed E-state index contributed by atoms with van der Waals surface area (Å²) in [6.45, 7) is 6.08. The second-order valence-corrected chi connectivity index (χ2v) is 9.78. The number of benzene rings is 2. The lowest BCUT2D eigenvalue weighted by Crippen LogP contribution is -2.35. The lowest BCUT2D eigenvalue weighted by molar-refractivity contribution is -0.123. The Kier molecular flexibility index (Phi) is 7.12. The van der Waals surface area contributed by atoms with E-state index in [9.17, 15) is 18.0 Å². The average molecular weight is 445 g/mol. The molecule has 166 valence electrons. The summed E-state index contributed by atoms with van der Waals surface area (Å²) in [5.74, 6) is -1.20. The van der Waals surface area contributed by atoms with Crippen LogP contribution in [0.3, 0.4) is 0 Å². The van der Waals surface area contributed by atoms with Gasteiger partial charge in [-0.1, -0.05) is 30.2 Å². The normalized spacial score (nSPS) is 15.8. The van der Waals surface area contributed by atoms with Gasteiger partial charge in [0.05, 0.1) is 10.5 Å². The Balaban J connectivity index is 1.72. The quantitative estimate of drug-likeness (QED) is 0.687. The van der Waals surface area contributed by atoms with Crippen LogP contribution in [0.1, 0.15) is 47.7 Å². The monoisotopic (exact) mass is 444 g/mol. The van der Waals surface area contributed by atoms with Gasteiger partial charge in [0.1, 0.15) is 0 Å². The number of aryl methyl sites for hydroxylation is 2. The van der Waals surface area contributed by atoms with Gasteiger partial charge in [0, 0.05) is 18.8 Å². The lowest BCUT2D eigenvalue weighted by atomic mass is 10.1. The fourth-order valence-corrected chi connectivity index (χ4v) is 4.94. The number of hydrogen-bond donors (Lipinski definition) is 1. The maximum Gasteiger partial charge on any atom is 0.339 e. The SMILES string of the molecule is Cc1ccc(NC(=O)[C@H](C)OC(=O)c2cc(S(=O)(=O)N3CCCCC3)ccc2C)cc1. The molecule has 2 aromatic carbocycles. The first kappa shape index (κ1) is 23.0. The first-order chi connectivity index (χ1) is 14.7. The molecule has 1 amide bonds. The van der Waals surface area contributed by atoms with E-state index in [2.05, 4.69) is 5.32 Å². The van der Waals surface area contributed by atoms with Crippen molar-refractivity contribution in [3.63, 3.8) is 0 Å². The van der Waals surface area contributed by atoms with E-state index >= 15 is 0 Å². The van der Waals surface area contributed by atoms with Gasteiger partial charge in [-0.15, -0.1) is 0 Å². The lowest BCUT2D eigenvalue weighted by Gasteiger charge is -2.26. The molecular formula is C23H28N2O5S. The molecule has 8 heteroatoms. The molecule has 0 bridgehead atoms. The van der Waals surface area contributed by atoms with Gasteiger partial charge in [-0.25, -0.2) is 13.2 Å². The Bertz CT molecular complexity index is 1060. The van der Waals surface area contributed by atoms with E-state index in [0.717, 1.165) is 24.8 Å². The van der Waals surface area contributed by atoms with E-state index in [4.69, 9.17) is 4.74 Å². The molecule has 2 aromatic rings. The smallest absolute Gasteiger partial charge is 0.339 e. The Hall–Kier alpha value is -2.71. The predicted molar refractivity (Wildman–Crippen MR) is 118 cm³/mol. The molecule has 0 aromatic heterocycles. The molecule has 1 fully saturated rings. The summed E-state index contributed by atoms with van der Waals surface area (Å²) in [5, 5.41) is 2.70. The van der Waals surface area contributed by atoms with Crippen molar-refractivity contribution in [1.29, 1.82) is 0 Å². The van der Waals surface area contributed by atoms with E-state index in [1.165, 1.54) is 23.4 Å². The van der Waals surface area contributed by atoms with Gasteiger partial charge < -0.3 is 10.1 Å². The number of sulfonamides is 1. The highest BCUT2D eigenvalue weighted by molar-refractivity contribution is 7.89. The summed E-state index contributed by atoms with van der Waals surface area (Å²) in [5.41, 5.74) is 2.37. The van der Waals surface area contributed by atoms with Gasteiger partial charge in [0.2, 0.25) is 10.0 Å². The number of nitrogens with zero attached hydrogens (tertiary/aromatic N) is 1. The summed E-state index contributed by atoms with van der Waals surface area (Å²) in [7, 11) is -3.68. The van der Waals surface area contributed by atoms with Crippen molar-refractivity contribution in [3.8, 4) is 0 Å². The summed E-state index contributed by atoms with van der Waals surface area (Å²) >= 11 is 0. The predicted octanol–water partition coefficient (Wildman–Crippen LogP) is 3.66. The number of esters is 1. The van der Waals surface area contributed by atoms with Crippen LogP contribution in [0.2, 0.25) is 0 Å². The summed E-state index contributed by atoms with van der Waals surface area (Å²) in [4.78, 5) is 25.2. The molecule has 1 atom stereocenters. The van der Waals surface area contributed by atoms with Gasteiger partial charge in [0.15, 0.2) is 6.10 Å². The van der Waals surface area contributed by atoms with E-state index in [0.29, 0.717) is 24.3 Å². The molecule has 0 saturated carbocycles. The number of hydrogen-bond acceptors (Lipinski definition) is 5. The van der Waals surface area contributed by atoms with Crippen LogP contribution in [0.4, 0.5) is 5.69 Å². The van der Waals surface area contributed by atoms with Gasteiger partial charge in [-0.3, -0.25) is 4.79 Å². The molecule has 1 aliphatic rings. The molecule has 3 rings (SSSR count). The Labute approximate surface area is 183 Å². The third kappa shape index (κ3) is 5.51. The number of anilines is 1. The minimum atomic E-state index is -3.68. The molecule has 0 aliphatic carbocycles. The number of piperidine rings is 1. The van der Waals surface area contributed by atoms with Crippen molar-refractivity contribution in [3.05, 3.63) is 59.2 Å². The summed E-state index contributed by atoms with van der Waals surface area (Å²) in [6, 6.07) is 11.7. The molecule has 31 heavy (non-hydrogen) atoms. The van der Waals surface area contributed by atoms with Crippen LogP contribution in [0.15, 0.2) is 47.4 Å². The molecule has 0 radical (unpaired) electrons. The van der Waals surface area contributed by atoms with Gasteiger partial charge in [-0.2, -0.15) is 4.31 Å². The van der Waals surface area contributed by atoms with Crippen LogP contribution >= 0.6 is 0 Å². The molecule has 0 spiro atoms. The standard InChI is InChI=1S/C23H28N2O5S/c1-16-7-10-19(11-8-16)24-22(26)18(3)30-23(27)21-15-20(12-9-17(21)2)31(28,29)25-13-5-4-6-14-25/h7-12,15,18H,4-6,13-14H2,1-3H3,(H,24,26)/t18-/m0/s1. The van der Waals surface area contributed by atoms with Gasteiger partial charge in [-0.05, 0) is 63.4 Å². The highest BCUT2D eigenvalue weighted by atomic mass is 32.2. The van der Waals surface area contributed by atoms with E-state index in [1.54, 1.807) is 25.1 Å². The van der Waals surface area contributed by atoms with Crippen molar-refractivity contribution in [1.82, 2.24) is 4.31 Å². The number of nitrogens with one attached hydrogen (secondary N) is 1. The first-order valence-electron chi connectivity index (χ1n) is 10.4. The van der Waals surface area contributed by atoms with Crippen molar-refractivity contribution in [2.24, 2.45) is 0 Å². The van der Waals surface area contributed by atoms with Crippen LogP contribution in [-0.2, 0) is 19.6 Å². The van der Waals surface area contributed by atoms with Gasteiger partial charge in [0.25, 0.3) is 5.91 Å². The Morgan fingerprint density at radius 1 is 1.00 bits per heavy atom. The van der Waals surface area contributed by atoms with E-state index < -0.39 is 28.0 Å². The fourth-order valence-electron chi connectivity index (χ4n) is 3.39. The number of ether oxygens (including phenoxy) is 1. The van der Waals surface area contributed by atoms with Crippen molar-refractivity contribution in [2.45, 2.75) is 51.0 Å². The Morgan fingerprint density at radius 3 is 2.29 bits per heavy atom. The Morgan fingerprint density at radius 2 is 1.65 bits per heavy atom. The number of carbonyl (C=O) groups is 2. The second kappa shape index (κ2) is 9.62. The fraction of sp³-hybridized carbons (Fsp3) is 0.391. The zero-order valence-electron chi connectivity index (χ0n) is 18.1. The zero-order chi connectivity index (χ0) is 22.6. The van der Waals surface area contributed by atoms with Gasteiger partial charge >= 0.3 is 5.97 Å². The molecule has 1 aliphatic heterocycles. The van der Waals surface area contributed by atoms with Crippen LogP contribution < -0.4 is 5.32 Å². The number of amides is 1. The maximum atomic E-state index is 12.9. The second-order valence-electron chi connectivity index (χ2n) is 7.84. The topological polar surface area (TPSA) is 92.8 Å². The first-order valence-corrected chi connectivity index (χ1v) is 11.8. The molecule has 1 heterocycles. The minimum Gasteiger partial charge on any atom is -0.449 e. The van der Waals surface area contributed by atoms with Crippen molar-refractivity contribution < 1.29 is 22.7 Å². The molecular weight excluding hydrogens is 416 g/mol. The van der Waals surface area contributed by atoms with E-state index in [-0.39, 0.29) is 10.5 Å². The number of rotatable bonds is 6. The molecule has 1 saturated heterocycles. The summed E-state index contributed by atoms with van der Waals surface area (Å²) < 4.78 is 32.7. The summed E-state index contributed by atoms with van der Waals surface area (Å²) in [6.07, 6.45) is 1.62. The molecule has 1 N–H and O–H groups in total. The molecule has 0 unspecified atom stereocenters. The largest absolute Gasteiger partial charge is 0.449 e. The highest BCUT2D eigenvalue weighted by Gasteiger charge is 2.28. The van der Waals surface area contributed by atoms with Crippen LogP contribution in [0.25, 0.3) is 0 Å².